The SMILES string of the molecule is O=C(c1nc2ccccc2s1)N1CCCC1c1nc2ccccc2c(=O)n1CCO. The van der Waals surface area contributed by atoms with Gasteiger partial charge < -0.3 is 10.0 Å². The van der Waals surface area contributed by atoms with Crippen LogP contribution in [0.5, 0.6) is 0 Å². The largest absolute Gasteiger partial charge is 0.395 e. The molecule has 0 aliphatic carbocycles. The second-order valence-electron chi connectivity index (χ2n) is 7.31. The van der Waals surface area contributed by atoms with Gasteiger partial charge in [-0.2, -0.15) is 0 Å². The zero-order chi connectivity index (χ0) is 20.7. The summed E-state index contributed by atoms with van der Waals surface area (Å²) in [5.41, 5.74) is 1.22. The fourth-order valence-electron chi connectivity index (χ4n) is 4.12. The second-order valence-corrected chi connectivity index (χ2v) is 8.34. The average Bonchev–Trinajstić information content (AvgIpc) is 3.42. The Bertz CT molecular complexity index is 1280. The molecule has 2 aromatic heterocycles. The molecule has 7 nitrogen and oxygen atoms in total. The lowest BCUT2D eigenvalue weighted by Crippen LogP contribution is -2.36. The van der Waals surface area contributed by atoms with E-state index in [1.54, 1.807) is 23.1 Å². The number of nitrogens with zero attached hydrogens (tertiary/aromatic N) is 4. The van der Waals surface area contributed by atoms with Crippen molar-refractivity contribution in [2.24, 2.45) is 0 Å². The predicted molar refractivity (Wildman–Crippen MR) is 116 cm³/mol. The van der Waals surface area contributed by atoms with Gasteiger partial charge in [0, 0.05) is 6.54 Å². The molecule has 1 amide bonds. The minimum atomic E-state index is -0.326. The summed E-state index contributed by atoms with van der Waals surface area (Å²) in [6, 6.07) is 14.5. The summed E-state index contributed by atoms with van der Waals surface area (Å²) >= 11 is 1.38. The number of amides is 1. The van der Waals surface area contributed by atoms with E-state index in [0.717, 1.165) is 16.6 Å². The van der Waals surface area contributed by atoms with Crippen molar-refractivity contribution in [3.8, 4) is 0 Å². The number of aliphatic hydroxyl groups is 1. The molecule has 5 rings (SSSR count). The Morgan fingerprint density at radius 3 is 2.67 bits per heavy atom. The van der Waals surface area contributed by atoms with Gasteiger partial charge in [-0.3, -0.25) is 14.2 Å². The lowest BCUT2D eigenvalue weighted by atomic mass is 10.1. The maximum Gasteiger partial charge on any atom is 0.283 e. The number of aliphatic hydroxyl groups excluding tert-OH is 1. The third-order valence-electron chi connectivity index (χ3n) is 5.50. The lowest BCUT2D eigenvalue weighted by molar-refractivity contribution is 0.0725. The zero-order valence-electron chi connectivity index (χ0n) is 16.2. The number of rotatable bonds is 4. The number of carbonyl (C=O) groups is 1. The minimum Gasteiger partial charge on any atom is -0.395 e. The van der Waals surface area contributed by atoms with Crippen LogP contribution in [-0.2, 0) is 6.54 Å². The molecule has 152 valence electrons. The van der Waals surface area contributed by atoms with Crippen LogP contribution in [0, 0.1) is 0 Å². The van der Waals surface area contributed by atoms with Gasteiger partial charge in [-0.25, -0.2) is 9.97 Å². The summed E-state index contributed by atoms with van der Waals surface area (Å²) in [6.07, 6.45) is 1.54. The van der Waals surface area contributed by atoms with Crippen molar-refractivity contribution in [2.75, 3.05) is 13.2 Å². The molecule has 0 radical (unpaired) electrons. The molecule has 1 aliphatic rings. The topological polar surface area (TPSA) is 88.3 Å². The number of hydrogen-bond donors (Lipinski definition) is 1. The molecule has 30 heavy (non-hydrogen) atoms. The van der Waals surface area contributed by atoms with Crippen LogP contribution >= 0.6 is 11.3 Å². The smallest absolute Gasteiger partial charge is 0.283 e. The number of thiazole rings is 1. The normalized spacial score (nSPS) is 16.6. The van der Waals surface area contributed by atoms with Crippen LogP contribution in [0.4, 0.5) is 0 Å². The maximum absolute atomic E-state index is 13.3. The molecular formula is C22H20N4O3S. The molecule has 8 heteroatoms. The Morgan fingerprint density at radius 2 is 1.87 bits per heavy atom. The van der Waals surface area contributed by atoms with Crippen molar-refractivity contribution in [2.45, 2.75) is 25.4 Å². The van der Waals surface area contributed by atoms with Gasteiger partial charge in [-0.15, -0.1) is 11.3 Å². The molecule has 0 bridgehead atoms. The van der Waals surface area contributed by atoms with E-state index in [1.165, 1.54) is 15.9 Å². The molecule has 1 unspecified atom stereocenters. The molecule has 2 aromatic carbocycles. The summed E-state index contributed by atoms with van der Waals surface area (Å²) in [4.78, 5) is 37.4. The van der Waals surface area contributed by atoms with Gasteiger partial charge >= 0.3 is 0 Å². The molecule has 3 heterocycles. The average molecular weight is 420 g/mol. The zero-order valence-corrected chi connectivity index (χ0v) is 17.0. The predicted octanol–water partition coefficient (Wildman–Crippen LogP) is 2.98. The van der Waals surface area contributed by atoms with Gasteiger partial charge in [0.1, 0.15) is 5.82 Å². The van der Waals surface area contributed by atoms with Crippen molar-refractivity contribution >= 4 is 38.4 Å². The fourth-order valence-corrected chi connectivity index (χ4v) is 5.04. The van der Waals surface area contributed by atoms with E-state index in [1.807, 2.05) is 30.3 Å². The van der Waals surface area contributed by atoms with E-state index < -0.39 is 0 Å². The van der Waals surface area contributed by atoms with Crippen LogP contribution in [0.1, 0.15) is 34.5 Å². The van der Waals surface area contributed by atoms with E-state index in [0.29, 0.717) is 34.7 Å². The Morgan fingerprint density at radius 1 is 1.10 bits per heavy atom. The molecule has 1 saturated heterocycles. The summed E-state index contributed by atoms with van der Waals surface area (Å²) in [5, 5.41) is 10.5. The van der Waals surface area contributed by atoms with Gasteiger partial charge in [0.25, 0.3) is 11.5 Å². The van der Waals surface area contributed by atoms with Crippen molar-refractivity contribution in [3.63, 3.8) is 0 Å². The van der Waals surface area contributed by atoms with E-state index in [9.17, 15) is 14.7 Å². The molecular weight excluding hydrogens is 400 g/mol. The summed E-state index contributed by atoms with van der Waals surface area (Å²) in [7, 11) is 0. The molecule has 4 aromatic rings. The standard InChI is InChI=1S/C22H20N4O3S/c27-13-12-26-19(23-15-7-2-1-6-14(15)21(26)28)17-9-5-11-25(17)22(29)20-24-16-8-3-4-10-18(16)30-20/h1-4,6-8,10,17,27H,5,9,11-13H2. The van der Waals surface area contributed by atoms with E-state index in [-0.39, 0.29) is 30.7 Å². The Labute approximate surface area is 176 Å². The van der Waals surface area contributed by atoms with Crippen LogP contribution < -0.4 is 5.56 Å². The summed E-state index contributed by atoms with van der Waals surface area (Å²) in [5.74, 6) is 0.386. The van der Waals surface area contributed by atoms with Crippen molar-refractivity contribution < 1.29 is 9.90 Å². The molecule has 0 spiro atoms. The van der Waals surface area contributed by atoms with Crippen LogP contribution in [0.2, 0.25) is 0 Å². The summed E-state index contributed by atoms with van der Waals surface area (Å²) < 4.78 is 2.48. The van der Waals surface area contributed by atoms with E-state index in [4.69, 9.17) is 4.98 Å². The van der Waals surface area contributed by atoms with Crippen molar-refractivity contribution in [1.29, 1.82) is 0 Å². The van der Waals surface area contributed by atoms with Crippen LogP contribution in [0.25, 0.3) is 21.1 Å². The first-order chi connectivity index (χ1) is 14.7. The molecule has 1 fully saturated rings. The molecule has 1 N–H and O–H groups in total. The number of hydrogen-bond acceptors (Lipinski definition) is 6. The molecule has 0 saturated carbocycles. The highest BCUT2D eigenvalue weighted by Crippen LogP contribution is 2.34. The quantitative estimate of drug-likeness (QED) is 0.548. The van der Waals surface area contributed by atoms with E-state index >= 15 is 0 Å². The maximum atomic E-state index is 13.3. The van der Waals surface area contributed by atoms with Gasteiger partial charge in [0.15, 0.2) is 5.01 Å². The van der Waals surface area contributed by atoms with Crippen LogP contribution in [0.15, 0.2) is 53.3 Å². The number of aromatic nitrogens is 3. The fraction of sp³-hybridized carbons (Fsp3) is 0.273. The van der Waals surface area contributed by atoms with Gasteiger partial charge in [-0.05, 0) is 37.1 Å². The number of para-hydroxylation sites is 2. The first-order valence-corrected chi connectivity index (χ1v) is 10.8. The van der Waals surface area contributed by atoms with Gasteiger partial charge in [0.2, 0.25) is 0 Å². The number of benzene rings is 2. The highest BCUT2D eigenvalue weighted by Gasteiger charge is 2.35. The molecule has 1 atom stereocenters. The number of carbonyl (C=O) groups excluding carboxylic acids is 1. The third-order valence-corrected chi connectivity index (χ3v) is 6.53. The summed E-state index contributed by atoms with van der Waals surface area (Å²) in [6.45, 7) is 0.554. The molecule has 1 aliphatic heterocycles. The Balaban J connectivity index is 1.59. The second kappa shape index (κ2) is 7.62. The first kappa shape index (κ1) is 18.9. The first-order valence-electron chi connectivity index (χ1n) is 9.94. The van der Waals surface area contributed by atoms with Gasteiger partial charge in [-0.1, -0.05) is 24.3 Å². The van der Waals surface area contributed by atoms with Crippen LogP contribution in [-0.4, -0.2) is 43.6 Å². The minimum absolute atomic E-state index is 0.142. The van der Waals surface area contributed by atoms with Crippen LogP contribution in [0.3, 0.4) is 0 Å². The Kier molecular flexibility index (Phi) is 4.80. The van der Waals surface area contributed by atoms with Crippen molar-refractivity contribution in [1.82, 2.24) is 19.4 Å². The third kappa shape index (κ3) is 3.09. The van der Waals surface area contributed by atoms with E-state index in [2.05, 4.69) is 4.98 Å². The number of likely N-dealkylation sites (tertiary alicyclic amines) is 1. The van der Waals surface area contributed by atoms with Crippen molar-refractivity contribution in [3.05, 3.63) is 69.7 Å². The highest BCUT2D eigenvalue weighted by atomic mass is 32.1. The number of fused-ring (bicyclic) bond motifs is 2. The lowest BCUT2D eigenvalue weighted by Gasteiger charge is -2.26. The monoisotopic (exact) mass is 420 g/mol. The Hall–Kier alpha value is -3.10. The highest BCUT2D eigenvalue weighted by molar-refractivity contribution is 7.20. The van der Waals surface area contributed by atoms with Gasteiger partial charge in [0.05, 0.1) is 40.3 Å².